The minimum absolute atomic E-state index is 0.0717. The maximum Gasteiger partial charge on any atom is 0.270 e. The second kappa shape index (κ2) is 7.30. The van der Waals surface area contributed by atoms with Gasteiger partial charge in [-0.25, -0.2) is 0 Å². The molecule has 2 amide bonds. The first-order valence-electron chi connectivity index (χ1n) is 11.2. The van der Waals surface area contributed by atoms with E-state index in [2.05, 4.69) is 15.1 Å². The first-order valence-corrected chi connectivity index (χ1v) is 11.2. The van der Waals surface area contributed by atoms with Crippen molar-refractivity contribution in [2.75, 3.05) is 13.6 Å². The van der Waals surface area contributed by atoms with E-state index in [-0.39, 0.29) is 17.4 Å². The summed E-state index contributed by atoms with van der Waals surface area (Å²) < 4.78 is 1.84. The minimum Gasteiger partial charge on any atom is -0.351 e. The van der Waals surface area contributed by atoms with E-state index in [0.717, 1.165) is 35.1 Å². The molecule has 4 aromatic rings. The first-order chi connectivity index (χ1) is 16.1. The van der Waals surface area contributed by atoms with Gasteiger partial charge >= 0.3 is 0 Å². The molecule has 8 nitrogen and oxygen atoms in total. The van der Waals surface area contributed by atoms with Gasteiger partial charge in [0, 0.05) is 30.7 Å². The van der Waals surface area contributed by atoms with Crippen LogP contribution in [0.5, 0.6) is 0 Å². The van der Waals surface area contributed by atoms with Crippen LogP contribution in [0.3, 0.4) is 0 Å². The van der Waals surface area contributed by atoms with Gasteiger partial charge in [-0.05, 0) is 37.1 Å². The average Bonchev–Trinajstić information content (AvgIpc) is 3.38. The van der Waals surface area contributed by atoms with Gasteiger partial charge in [-0.15, -0.1) is 0 Å². The van der Waals surface area contributed by atoms with Crippen molar-refractivity contribution >= 4 is 22.7 Å². The van der Waals surface area contributed by atoms with Gasteiger partial charge in [0.25, 0.3) is 11.8 Å². The van der Waals surface area contributed by atoms with Crippen LogP contribution in [0, 0.1) is 0 Å². The van der Waals surface area contributed by atoms with Crippen LogP contribution >= 0.6 is 0 Å². The van der Waals surface area contributed by atoms with Crippen molar-refractivity contribution in [2.45, 2.75) is 31.5 Å². The van der Waals surface area contributed by atoms with Crippen molar-refractivity contribution in [3.05, 3.63) is 83.6 Å². The lowest BCUT2D eigenvalue weighted by atomic mass is 10.1. The number of hydrogen-bond donors (Lipinski definition) is 1. The van der Waals surface area contributed by atoms with E-state index in [1.807, 2.05) is 60.3 Å². The molecule has 1 aliphatic heterocycles. The van der Waals surface area contributed by atoms with Gasteiger partial charge in [-0.3, -0.25) is 19.3 Å². The van der Waals surface area contributed by atoms with Crippen molar-refractivity contribution in [1.82, 2.24) is 29.5 Å². The molecular formula is C25H24N6O2. The summed E-state index contributed by atoms with van der Waals surface area (Å²) in [6.07, 6.45) is 5.18. The highest BCUT2D eigenvalue weighted by atomic mass is 16.2. The fourth-order valence-electron chi connectivity index (χ4n) is 4.85. The molecule has 0 saturated heterocycles. The van der Waals surface area contributed by atoms with Crippen LogP contribution < -0.4 is 0 Å². The Bertz CT molecular complexity index is 1340. The molecule has 1 saturated carbocycles. The average molecular weight is 441 g/mol. The second-order valence-electron chi connectivity index (χ2n) is 8.84. The molecule has 0 bridgehead atoms. The van der Waals surface area contributed by atoms with Gasteiger partial charge < -0.3 is 14.8 Å². The summed E-state index contributed by atoms with van der Waals surface area (Å²) in [6, 6.07) is 15.5. The maximum absolute atomic E-state index is 13.5. The topological polar surface area (TPSA) is 87.1 Å². The molecule has 0 unspecified atom stereocenters. The second-order valence-corrected chi connectivity index (χ2v) is 8.84. The monoisotopic (exact) mass is 440 g/mol. The lowest BCUT2D eigenvalue weighted by Gasteiger charge is -2.30. The highest BCUT2D eigenvalue weighted by molar-refractivity contribution is 5.99. The molecule has 166 valence electrons. The number of aromatic nitrogens is 4. The minimum atomic E-state index is -0.359. The molecular weight excluding hydrogens is 416 g/mol. The lowest BCUT2D eigenvalue weighted by Crippen LogP contribution is -2.41. The Morgan fingerprint density at radius 1 is 1.09 bits per heavy atom. The number of carbonyl (C=O) groups excluding carboxylic acids is 2. The summed E-state index contributed by atoms with van der Waals surface area (Å²) in [6.45, 7) is 1.45. The van der Waals surface area contributed by atoms with Gasteiger partial charge in [0.2, 0.25) is 0 Å². The highest BCUT2D eigenvalue weighted by Crippen LogP contribution is 2.50. The molecule has 33 heavy (non-hydrogen) atoms. The zero-order valence-corrected chi connectivity index (χ0v) is 18.4. The molecule has 3 aromatic heterocycles. The summed E-state index contributed by atoms with van der Waals surface area (Å²) in [4.78, 5) is 38.1. The van der Waals surface area contributed by atoms with Crippen molar-refractivity contribution in [2.24, 2.45) is 0 Å². The third-order valence-corrected chi connectivity index (χ3v) is 6.96. The molecule has 0 spiro atoms. The number of H-pyrrole nitrogens is 1. The number of aromatic amines is 1. The number of carbonyl (C=O) groups is 2. The smallest absolute Gasteiger partial charge is 0.270 e. The van der Waals surface area contributed by atoms with E-state index in [0.29, 0.717) is 30.9 Å². The molecule has 0 atom stereocenters. The van der Waals surface area contributed by atoms with Crippen LogP contribution in [0.1, 0.15) is 45.1 Å². The largest absolute Gasteiger partial charge is 0.351 e. The number of para-hydroxylation sites is 1. The molecule has 8 heteroatoms. The Kier molecular flexibility index (Phi) is 4.36. The number of nitrogens with one attached hydrogen (secondary N) is 1. The Labute approximate surface area is 190 Å². The summed E-state index contributed by atoms with van der Waals surface area (Å²) in [7, 11) is 1.84. The standard InChI is InChI=1S/C25H24N6O2/c1-29(25(9-10-25)22-8-4-5-11-26-22)23(32)18-15-27-31-13-12-30(16-21(18)31)24(33)20-14-17-6-2-3-7-19(17)28-20/h2-8,11,14-15,28H,9-10,12-13,16H2,1H3. The van der Waals surface area contributed by atoms with Gasteiger partial charge in [0.1, 0.15) is 5.69 Å². The van der Waals surface area contributed by atoms with Crippen LogP contribution in [-0.4, -0.2) is 55.0 Å². The Balaban J connectivity index is 1.26. The number of pyridine rings is 1. The van der Waals surface area contributed by atoms with Gasteiger partial charge in [0.05, 0.1) is 41.8 Å². The third-order valence-electron chi connectivity index (χ3n) is 6.96. The zero-order valence-electron chi connectivity index (χ0n) is 18.4. The molecule has 4 heterocycles. The van der Waals surface area contributed by atoms with E-state index in [1.165, 1.54) is 0 Å². The quantitative estimate of drug-likeness (QED) is 0.528. The van der Waals surface area contributed by atoms with Crippen molar-refractivity contribution < 1.29 is 9.59 Å². The Morgan fingerprint density at radius 2 is 1.91 bits per heavy atom. The summed E-state index contributed by atoms with van der Waals surface area (Å²) in [5.74, 6) is -0.156. The lowest BCUT2D eigenvalue weighted by molar-refractivity contribution is 0.0668. The third kappa shape index (κ3) is 3.13. The molecule has 1 aromatic carbocycles. The van der Waals surface area contributed by atoms with Crippen LogP contribution in [0.25, 0.3) is 10.9 Å². The molecule has 0 radical (unpaired) electrons. The highest BCUT2D eigenvalue weighted by Gasteiger charge is 2.51. The van der Waals surface area contributed by atoms with Gasteiger partial charge in [0.15, 0.2) is 0 Å². The van der Waals surface area contributed by atoms with Crippen molar-refractivity contribution in [3.63, 3.8) is 0 Å². The fraction of sp³-hybridized carbons (Fsp3) is 0.280. The van der Waals surface area contributed by atoms with E-state index in [4.69, 9.17) is 0 Å². The number of nitrogens with zero attached hydrogens (tertiary/aromatic N) is 5. The van der Waals surface area contributed by atoms with E-state index < -0.39 is 0 Å². The fourth-order valence-corrected chi connectivity index (χ4v) is 4.85. The van der Waals surface area contributed by atoms with E-state index >= 15 is 0 Å². The van der Waals surface area contributed by atoms with Gasteiger partial charge in [-0.2, -0.15) is 5.10 Å². The normalized spacial score (nSPS) is 16.5. The number of benzene rings is 1. The summed E-state index contributed by atoms with van der Waals surface area (Å²) in [5.41, 5.74) is 3.37. The van der Waals surface area contributed by atoms with E-state index in [1.54, 1.807) is 22.2 Å². The molecule has 6 rings (SSSR count). The zero-order chi connectivity index (χ0) is 22.6. The number of fused-ring (bicyclic) bond motifs is 2. The SMILES string of the molecule is CN(C(=O)c1cnn2c1CN(C(=O)c1cc3ccccc3[nH]1)CC2)C1(c2ccccn2)CC1. The summed E-state index contributed by atoms with van der Waals surface area (Å²) >= 11 is 0. The number of hydrogen-bond acceptors (Lipinski definition) is 4. The Hall–Kier alpha value is -3.94. The van der Waals surface area contributed by atoms with Crippen molar-refractivity contribution in [1.29, 1.82) is 0 Å². The van der Waals surface area contributed by atoms with Crippen LogP contribution in [0.4, 0.5) is 0 Å². The first kappa shape index (κ1) is 19.7. The maximum atomic E-state index is 13.5. The molecule has 2 aliphatic rings. The summed E-state index contributed by atoms with van der Waals surface area (Å²) in [5, 5.41) is 5.45. The van der Waals surface area contributed by atoms with Crippen LogP contribution in [0.2, 0.25) is 0 Å². The molecule has 1 aliphatic carbocycles. The number of rotatable bonds is 4. The Morgan fingerprint density at radius 3 is 2.67 bits per heavy atom. The predicted molar refractivity (Wildman–Crippen MR) is 123 cm³/mol. The van der Waals surface area contributed by atoms with Crippen molar-refractivity contribution in [3.8, 4) is 0 Å². The molecule has 1 fully saturated rings. The van der Waals surface area contributed by atoms with Crippen LogP contribution in [-0.2, 0) is 18.6 Å². The predicted octanol–water partition coefficient (Wildman–Crippen LogP) is 3.18. The number of amides is 2. The van der Waals surface area contributed by atoms with Crippen LogP contribution in [0.15, 0.2) is 60.9 Å². The molecule has 1 N–H and O–H groups in total. The van der Waals surface area contributed by atoms with E-state index in [9.17, 15) is 9.59 Å². The van der Waals surface area contributed by atoms with Gasteiger partial charge in [-0.1, -0.05) is 24.3 Å².